The molecule has 0 amide bonds. The first-order chi connectivity index (χ1) is 7.66. The Labute approximate surface area is 98.3 Å². The van der Waals surface area contributed by atoms with Gasteiger partial charge in [0.2, 0.25) is 0 Å². The van der Waals surface area contributed by atoms with Crippen LogP contribution in [0.4, 0.5) is 0 Å². The molecule has 0 N–H and O–H groups in total. The summed E-state index contributed by atoms with van der Waals surface area (Å²) in [4.78, 5) is 15.7. The lowest BCUT2D eigenvalue weighted by atomic mass is 10.2. The van der Waals surface area contributed by atoms with Crippen molar-refractivity contribution >= 4 is 11.6 Å². The second kappa shape index (κ2) is 4.49. The summed E-state index contributed by atoms with van der Waals surface area (Å²) in [6.07, 6.45) is 3.45. The predicted molar refractivity (Wildman–Crippen MR) is 63.8 cm³/mol. The second-order valence-electron chi connectivity index (χ2n) is 3.61. The third-order valence-corrected chi connectivity index (χ3v) is 2.58. The fourth-order valence-corrected chi connectivity index (χ4v) is 1.59. The summed E-state index contributed by atoms with van der Waals surface area (Å²) in [5.74, 6) is 0. The van der Waals surface area contributed by atoms with Crippen molar-refractivity contribution < 1.29 is 0 Å². The number of aromatic nitrogens is 2. The summed E-state index contributed by atoms with van der Waals surface area (Å²) in [5, 5.41) is 0.459. The van der Waals surface area contributed by atoms with E-state index in [-0.39, 0.29) is 5.56 Å². The summed E-state index contributed by atoms with van der Waals surface area (Å²) in [6, 6.07) is 7.25. The molecule has 0 unspecified atom stereocenters. The van der Waals surface area contributed by atoms with Crippen LogP contribution in [0.3, 0.4) is 0 Å². The van der Waals surface area contributed by atoms with E-state index in [1.165, 1.54) is 0 Å². The quantitative estimate of drug-likeness (QED) is 0.747. The summed E-state index contributed by atoms with van der Waals surface area (Å²) in [5.41, 5.74) is 1.72. The number of aryl methyl sites for hydroxylation is 1. The van der Waals surface area contributed by atoms with Gasteiger partial charge in [0.05, 0.1) is 6.54 Å². The topological polar surface area (TPSA) is 34.9 Å². The Balaban J connectivity index is 2.31. The standard InChI is InChI=1S/C12H11ClN2O/c1-9-3-2-6-15(12(9)16)8-10-4-5-11(13)14-7-10/h2-7H,8H2,1H3. The average Bonchev–Trinajstić information content (AvgIpc) is 2.28. The highest BCUT2D eigenvalue weighted by molar-refractivity contribution is 6.29. The Morgan fingerprint density at radius 3 is 2.88 bits per heavy atom. The lowest BCUT2D eigenvalue weighted by Crippen LogP contribution is -2.21. The van der Waals surface area contributed by atoms with Crippen molar-refractivity contribution in [1.82, 2.24) is 9.55 Å². The van der Waals surface area contributed by atoms with E-state index in [9.17, 15) is 4.79 Å². The monoisotopic (exact) mass is 234 g/mol. The molecule has 2 aromatic heterocycles. The first-order valence-corrected chi connectivity index (χ1v) is 5.31. The normalized spacial score (nSPS) is 10.4. The molecular formula is C12H11ClN2O. The first-order valence-electron chi connectivity index (χ1n) is 4.93. The van der Waals surface area contributed by atoms with Gasteiger partial charge in [-0.15, -0.1) is 0 Å². The lowest BCUT2D eigenvalue weighted by Gasteiger charge is -2.06. The molecule has 4 heteroatoms. The van der Waals surface area contributed by atoms with E-state index in [0.29, 0.717) is 11.7 Å². The van der Waals surface area contributed by atoms with Crippen LogP contribution in [0.15, 0.2) is 41.5 Å². The maximum atomic E-state index is 11.8. The SMILES string of the molecule is Cc1cccn(Cc2ccc(Cl)nc2)c1=O. The van der Waals surface area contributed by atoms with E-state index < -0.39 is 0 Å². The van der Waals surface area contributed by atoms with E-state index in [1.807, 2.05) is 12.1 Å². The molecule has 0 bridgehead atoms. The van der Waals surface area contributed by atoms with Crippen molar-refractivity contribution in [3.8, 4) is 0 Å². The van der Waals surface area contributed by atoms with Crippen LogP contribution < -0.4 is 5.56 Å². The number of hydrogen-bond acceptors (Lipinski definition) is 2. The summed E-state index contributed by atoms with van der Waals surface area (Å²) < 4.78 is 1.65. The third-order valence-electron chi connectivity index (χ3n) is 2.35. The van der Waals surface area contributed by atoms with E-state index in [1.54, 1.807) is 36.0 Å². The highest BCUT2D eigenvalue weighted by atomic mass is 35.5. The molecule has 16 heavy (non-hydrogen) atoms. The molecule has 0 aliphatic carbocycles. The Hall–Kier alpha value is -1.61. The van der Waals surface area contributed by atoms with Crippen molar-refractivity contribution in [2.75, 3.05) is 0 Å². The van der Waals surface area contributed by atoms with Gasteiger partial charge in [0.1, 0.15) is 5.15 Å². The minimum atomic E-state index is 0.0254. The van der Waals surface area contributed by atoms with Crippen LogP contribution in [0, 0.1) is 6.92 Å². The number of hydrogen-bond donors (Lipinski definition) is 0. The number of nitrogens with zero attached hydrogens (tertiary/aromatic N) is 2. The van der Waals surface area contributed by atoms with Crippen molar-refractivity contribution in [3.63, 3.8) is 0 Å². The molecule has 2 aromatic rings. The van der Waals surface area contributed by atoms with E-state index in [0.717, 1.165) is 11.1 Å². The predicted octanol–water partition coefficient (Wildman–Crippen LogP) is 2.25. The van der Waals surface area contributed by atoms with E-state index in [2.05, 4.69) is 4.98 Å². The maximum absolute atomic E-state index is 11.8. The molecule has 2 heterocycles. The number of rotatable bonds is 2. The Morgan fingerprint density at radius 1 is 1.38 bits per heavy atom. The van der Waals surface area contributed by atoms with Crippen LogP contribution >= 0.6 is 11.6 Å². The highest BCUT2D eigenvalue weighted by Gasteiger charge is 2.00. The zero-order chi connectivity index (χ0) is 11.5. The number of halogens is 1. The van der Waals surface area contributed by atoms with Gasteiger partial charge < -0.3 is 4.57 Å². The molecule has 0 saturated heterocycles. The average molecular weight is 235 g/mol. The first kappa shape index (κ1) is 10.9. The molecule has 0 aliphatic heterocycles. The molecule has 0 aliphatic rings. The molecule has 82 valence electrons. The minimum Gasteiger partial charge on any atom is -0.311 e. The van der Waals surface area contributed by atoms with E-state index >= 15 is 0 Å². The Kier molecular flexibility index (Phi) is 3.06. The zero-order valence-corrected chi connectivity index (χ0v) is 9.61. The molecule has 0 atom stereocenters. The Morgan fingerprint density at radius 2 is 2.19 bits per heavy atom. The third kappa shape index (κ3) is 2.31. The molecular weight excluding hydrogens is 224 g/mol. The van der Waals surface area contributed by atoms with Crippen LogP contribution in [0.1, 0.15) is 11.1 Å². The number of pyridine rings is 2. The van der Waals surface area contributed by atoms with Crippen LogP contribution in [-0.4, -0.2) is 9.55 Å². The van der Waals surface area contributed by atoms with E-state index in [4.69, 9.17) is 11.6 Å². The lowest BCUT2D eigenvalue weighted by molar-refractivity contribution is 0.749. The smallest absolute Gasteiger partial charge is 0.253 e. The van der Waals surface area contributed by atoms with Crippen LogP contribution in [0.5, 0.6) is 0 Å². The minimum absolute atomic E-state index is 0.0254. The van der Waals surface area contributed by atoms with Gasteiger partial charge in [-0.1, -0.05) is 23.7 Å². The molecule has 3 nitrogen and oxygen atoms in total. The van der Waals surface area contributed by atoms with Crippen LogP contribution in [0.2, 0.25) is 5.15 Å². The van der Waals surface area contributed by atoms with Crippen molar-refractivity contribution in [2.24, 2.45) is 0 Å². The largest absolute Gasteiger partial charge is 0.311 e. The van der Waals surface area contributed by atoms with Gasteiger partial charge in [-0.2, -0.15) is 0 Å². The van der Waals surface area contributed by atoms with Gasteiger partial charge in [-0.25, -0.2) is 4.98 Å². The molecule has 0 saturated carbocycles. The fraction of sp³-hybridized carbons (Fsp3) is 0.167. The van der Waals surface area contributed by atoms with Gasteiger partial charge in [0, 0.05) is 18.0 Å². The second-order valence-corrected chi connectivity index (χ2v) is 4.00. The van der Waals surface area contributed by atoms with Crippen molar-refractivity contribution in [3.05, 3.63) is 63.3 Å². The van der Waals surface area contributed by atoms with Crippen molar-refractivity contribution in [2.45, 2.75) is 13.5 Å². The summed E-state index contributed by atoms with van der Waals surface area (Å²) in [6.45, 7) is 2.32. The zero-order valence-electron chi connectivity index (χ0n) is 8.85. The van der Waals surface area contributed by atoms with Crippen LogP contribution in [-0.2, 0) is 6.54 Å². The van der Waals surface area contributed by atoms with Gasteiger partial charge in [0.15, 0.2) is 0 Å². The van der Waals surface area contributed by atoms with Crippen LogP contribution in [0.25, 0.3) is 0 Å². The Bertz CT molecular complexity index is 546. The van der Waals surface area contributed by atoms with Gasteiger partial charge >= 0.3 is 0 Å². The van der Waals surface area contributed by atoms with Gasteiger partial charge in [-0.3, -0.25) is 4.79 Å². The molecule has 0 aromatic carbocycles. The molecule has 0 spiro atoms. The molecule has 2 rings (SSSR count). The molecule has 0 radical (unpaired) electrons. The van der Waals surface area contributed by atoms with Crippen molar-refractivity contribution in [1.29, 1.82) is 0 Å². The molecule has 0 fully saturated rings. The maximum Gasteiger partial charge on any atom is 0.253 e. The van der Waals surface area contributed by atoms with Gasteiger partial charge in [0.25, 0.3) is 5.56 Å². The fourth-order valence-electron chi connectivity index (χ4n) is 1.48. The summed E-state index contributed by atoms with van der Waals surface area (Å²) in [7, 11) is 0. The summed E-state index contributed by atoms with van der Waals surface area (Å²) >= 11 is 5.69. The van der Waals surface area contributed by atoms with Gasteiger partial charge in [-0.05, 0) is 24.6 Å². The highest BCUT2D eigenvalue weighted by Crippen LogP contribution is 2.06.